The Balaban J connectivity index is 1.93. The molecule has 2 rings (SSSR count). The van der Waals surface area contributed by atoms with Gasteiger partial charge in [-0.15, -0.1) is 11.3 Å². The highest BCUT2D eigenvalue weighted by Crippen LogP contribution is 2.18. The Hall–Kier alpha value is -1.07. The number of aromatic nitrogens is 3. The van der Waals surface area contributed by atoms with E-state index in [0.717, 1.165) is 17.2 Å². The third-order valence-electron chi connectivity index (χ3n) is 1.93. The average Bonchev–Trinajstić information content (AvgIpc) is 2.83. The zero-order valence-electron chi connectivity index (χ0n) is 8.27. The van der Waals surface area contributed by atoms with Crippen LogP contribution in [0.5, 0.6) is 0 Å². The summed E-state index contributed by atoms with van der Waals surface area (Å²) in [5, 5.41) is 7.52. The summed E-state index contributed by atoms with van der Waals surface area (Å²) in [6, 6.07) is 1.95. The summed E-state index contributed by atoms with van der Waals surface area (Å²) in [6.07, 6.45) is 3.72. The van der Waals surface area contributed by atoms with Crippen molar-refractivity contribution in [3.8, 4) is 0 Å². The highest BCUT2D eigenvalue weighted by Gasteiger charge is 2.00. The zero-order chi connectivity index (χ0) is 10.7. The number of aryl methyl sites for hydroxylation is 1. The second-order valence-electron chi connectivity index (χ2n) is 2.99. The van der Waals surface area contributed by atoms with E-state index in [9.17, 15) is 0 Å². The van der Waals surface area contributed by atoms with Gasteiger partial charge in [-0.3, -0.25) is 4.68 Å². The molecule has 0 bridgehead atoms. The monoisotopic (exact) mass is 242 g/mol. The van der Waals surface area contributed by atoms with Crippen LogP contribution in [0.2, 0.25) is 4.47 Å². The average molecular weight is 243 g/mol. The topological polar surface area (TPSA) is 42.7 Å². The summed E-state index contributed by atoms with van der Waals surface area (Å²) in [5.41, 5.74) is 0. The molecule has 0 aliphatic rings. The molecule has 6 heteroatoms. The minimum Gasteiger partial charge on any atom is -0.364 e. The molecule has 0 amide bonds. The van der Waals surface area contributed by atoms with Crippen LogP contribution < -0.4 is 5.32 Å². The van der Waals surface area contributed by atoms with Gasteiger partial charge in [-0.1, -0.05) is 11.6 Å². The number of nitrogens with zero attached hydrogens (tertiary/aromatic N) is 3. The second kappa shape index (κ2) is 4.63. The molecule has 15 heavy (non-hydrogen) atoms. The van der Waals surface area contributed by atoms with Crippen molar-refractivity contribution in [2.45, 2.75) is 20.0 Å². The fraction of sp³-hybridized carbons (Fsp3) is 0.333. The molecule has 0 aliphatic heterocycles. The lowest BCUT2D eigenvalue weighted by Gasteiger charge is -1.99. The number of halogens is 1. The van der Waals surface area contributed by atoms with Gasteiger partial charge in [0.05, 0.1) is 6.54 Å². The quantitative estimate of drug-likeness (QED) is 0.896. The molecular formula is C9H11ClN4S. The lowest BCUT2D eigenvalue weighted by atomic mass is 10.5. The fourth-order valence-corrected chi connectivity index (χ4v) is 2.09. The molecule has 2 aromatic heterocycles. The first kappa shape index (κ1) is 10.4. The predicted octanol–water partition coefficient (Wildman–Crippen LogP) is 2.62. The summed E-state index contributed by atoms with van der Waals surface area (Å²) in [4.78, 5) is 5.07. The van der Waals surface area contributed by atoms with Crippen molar-refractivity contribution in [2.24, 2.45) is 0 Å². The number of hydrogen-bond donors (Lipinski definition) is 1. The van der Waals surface area contributed by atoms with Gasteiger partial charge in [-0.05, 0) is 6.92 Å². The van der Waals surface area contributed by atoms with Crippen molar-refractivity contribution in [1.29, 1.82) is 0 Å². The van der Waals surface area contributed by atoms with Gasteiger partial charge in [-0.2, -0.15) is 5.10 Å². The Bertz CT molecular complexity index is 437. The van der Waals surface area contributed by atoms with Crippen LogP contribution in [0.25, 0.3) is 0 Å². The highest BCUT2D eigenvalue weighted by atomic mass is 35.5. The first-order valence-electron chi connectivity index (χ1n) is 4.65. The van der Waals surface area contributed by atoms with Crippen LogP contribution in [0.15, 0.2) is 18.5 Å². The van der Waals surface area contributed by atoms with Crippen molar-refractivity contribution < 1.29 is 0 Å². The molecule has 80 valence electrons. The summed E-state index contributed by atoms with van der Waals surface area (Å²) >= 11 is 7.21. The van der Waals surface area contributed by atoms with E-state index >= 15 is 0 Å². The van der Waals surface area contributed by atoms with Gasteiger partial charge < -0.3 is 5.32 Å². The summed E-state index contributed by atoms with van der Waals surface area (Å²) in [5.74, 6) is 0.876. The van der Waals surface area contributed by atoms with E-state index in [1.54, 1.807) is 6.20 Å². The maximum atomic E-state index is 5.73. The van der Waals surface area contributed by atoms with E-state index in [4.69, 9.17) is 11.6 Å². The third-order valence-corrected chi connectivity index (χ3v) is 3.05. The molecular weight excluding hydrogens is 232 g/mol. The van der Waals surface area contributed by atoms with E-state index < -0.39 is 0 Å². The smallest absolute Gasteiger partial charge is 0.183 e. The molecule has 0 saturated carbocycles. The van der Waals surface area contributed by atoms with E-state index in [1.165, 1.54) is 11.3 Å². The molecule has 2 aromatic rings. The Morgan fingerprint density at radius 1 is 1.60 bits per heavy atom. The molecule has 1 N–H and O–H groups in total. The van der Waals surface area contributed by atoms with Crippen LogP contribution in [-0.2, 0) is 13.1 Å². The Labute approximate surface area is 96.9 Å². The normalized spacial score (nSPS) is 10.5. The minimum absolute atomic E-state index is 0.575. The van der Waals surface area contributed by atoms with Crippen LogP contribution in [0.4, 0.5) is 5.82 Å². The lowest BCUT2D eigenvalue weighted by Crippen LogP contribution is -2.00. The molecule has 4 nitrogen and oxygen atoms in total. The van der Waals surface area contributed by atoms with Gasteiger partial charge in [0, 0.05) is 29.9 Å². The SMILES string of the molecule is CCn1ccc(NCc2cnc(Cl)s2)n1. The van der Waals surface area contributed by atoms with Crippen LogP contribution >= 0.6 is 22.9 Å². The predicted molar refractivity (Wildman–Crippen MR) is 62.4 cm³/mol. The molecule has 0 aromatic carbocycles. The molecule has 0 radical (unpaired) electrons. The third kappa shape index (κ3) is 2.70. The fourth-order valence-electron chi connectivity index (χ4n) is 1.18. The first-order chi connectivity index (χ1) is 7.28. The van der Waals surface area contributed by atoms with E-state index in [-0.39, 0.29) is 0 Å². The zero-order valence-corrected chi connectivity index (χ0v) is 9.85. The summed E-state index contributed by atoms with van der Waals surface area (Å²) in [6.45, 7) is 3.65. The van der Waals surface area contributed by atoms with Gasteiger partial charge in [0.1, 0.15) is 5.82 Å². The van der Waals surface area contributed by atoms with Crippen LogP contribution in [0.1, 0.15) is 11.8 Å². The van der Waals surface area contributed by atoms with Crippen molar-refractivity contribution >= 4 is 28.8 Å². The maximum Gasteiger partial charge on any atom is 0.183 e. The molecule has 0 spiro atoms. The second-order valence-corrected chi connectivity index (χ2v) is 4.69. The van der Waals surface area contributed by atoms with Crippen molar-refractivity contribution in [3.63, 3.8) is 0 Å². The molecule has 0 aliphatic carbocycles. The minimum atomic E-state index is 0.575. The van der Waals surface area contributed by atoms with E-state index in [1.807, 2.05) is 16.9 Å². The summed E-state index contributed by atoms with van der Waals surface area (Å²) in [7, 11) is 0. The van der Waals surface area contributed by atoms with Gasteiger partial charge in [0.2, 0.25) is 0 Å². The Morgan fingerprint density at radius 3 is 3.07 bits per heavy atom. The van der Waals surface area contributed by atoms with Gasteiger partial charge in [0.15, 0.2) is 4.47 Å². The molecule has 0 atom stereocenters. The van der Waals surface area contributed by atoms with Crippen molar-refractivity contribution in [1.82, 2.24) is 14.8 Å². The summed E-state index contributed by atoms with van der Waals surface area (Å²) < 4.78 is 2.45. The molecule has 0 fully saturated rings. The van der Waals surface area contributed by atoms with Crippen LogP contribution in [0, 0.1) is 0 Å². The van der Waals surface area contributed by atoms with Crippen LogP contribution in [0.3, 0.4) is 0 Å². The number of anilines is 1. The van der Waals surface area contributed by atoms with E-state index in [2.05, 4.69) is 22.3 Å². The largest absolute Gasteiger partial charge is 0.364 e. The van der Waals surface area contributed by atoms with E-state index in [0.29, 0.717) is 11.0 Å². The standard InChI is InChI=1S/C9H11ClN4S/c1-2-14-4-3-8(13-14)11-5-7-6-12-9(10)15-7/h3-4,6H,2,5H2,1H3,(H,11,13). The van der Waals surface area contributed by atoms with Gasteiger partial charge >= 0.3 is 0 Å². The Morgan fingerprint density at radius 2 is 2.47 bits per heavy atom. The number of hydrogen-bond acceptors (Lipinski definition) is 4. The van der Waals surface area contributed by atoms with Crippen molar-refractivity contribution in [3.05, 3.63) is 27.8 Å². The number of nitrogens with one attached hydrogen (secondary N) is 1. The van der Waals surface area contributed by atoms with Crippen LogP contribution in [-0.4, -0.2) is 14.8 Å². The number of thiazole rings is 1. The first-order valence-corrected chi connectivity index (χ1v) is 5.85. The van der Waals surface area contributed by atoms with Gasteiger partial charge in [-0.25, -0.2) is 4.98 Å². The van der Waals surface area contributed by atoms with Crippen molar-refractivity contribution in [2.75, 3.05) is 5.32 Å². The molecule has 0 unspecified atom stereocenters. The maximum absolute atomic E-state index is 5.73. The van der Waals surface area contributed by atoms with Gasteiger partial charge in [0.25, 0.3) is 0 Å². The molecule has 2 heterocycles. The Kier molecular flexibility index (Phi) is 3.23. The lowest BCUT2D eigenvalue weighted by molar-refractivity contribution is 0.661. The number of rotatable bonds is 4. The highest BCUT2D eigenvalue weighted by molar-refractivity contribution is 7.15. The molecule has 0 saturated heterocycles.